The molecule has 0 fully saturated rings. The van der Waals surface area contributed by atoms with Gasteiger partial charge in [-0.05, 0) is 0 Å². The normalized spacial score (nSPS) is 33.6. The van der Waals surface area contributed by atoms with Crippen LogP contribution in [-0.4, -0.2) is 49.2 Å². The van der Waals surface area contributed by atoms with Crippen LogP contribution in [0.5, 0.6) is 0 Å². The Balaban J connectivity index is 2.42. The van der Waals surface area contributed by atoms with Gasteiger partial charge in [0.1, 0.15) is 13.1 Å². The molecule has 0 bridgehead atoms. The van der Waals surface area contributed by atoms with Crippen LogP contribution in [0.3, 0.4) is 0 Å². The number of likely N-dealkylation sites (N-methyl/N-ethyl adjacent to an activating group) is 1. The Hall–Kier alpha value is -0.410. The highest BCUT2D eigenvalue weighted by atomic mass is 16.3. The van der Waals surface area contributed by atoms with Crippen molar-refractivity contribution in [2.24, 2.45) is 4.99 Å². The standard InChI is InChI=1S/C6H13N2O/c1-8(4-5-9)3-2-7-6-8/h6,9H,2-5H2,1H3/q+1. The first-order valence-corrected chi connectivity index (χ1v) is 3.23. The van der Waals surface area contributed by atoms with Gasteiger partial charge in [0.05, 0.1) is 20.2 Å². The molecule has 0 saturated carbocycles. The zero-order valence-corrected chi connectivity index (χ0v) is 5.75. The summed E-state index contributed by atoms with van der Waals surface area (Å²) in [6, 6.07) is 0. The largest absolute Gasteiger partial charge is 0.390 e. The molecule has 0 spiro atoms. The maximum Gasteiger partial charge on any atom is 0.185 e. The van der Waals surface area contributed by atoms with Gasteiger partial charge in [-0.25, -0.2) is 4.99 Å². The van der Waals surface area contributed by atoms with Crippen LogP contribution in [0.1, 0.15) is 0 Å². The van der Waals surface area contributed by atoms with Crippen molar-refractivity contribution in [3.8, 4) is 0 Å². The summed E-state index contributed by atoms with van der Waals surface area (Å²) in [5.74, 6) is 0. The molecule has 0 amide bonds. The lowest BCUT2D eigenvalue weighted by Gasteiger charge is -2.22. The van der Waals surface area contributed by atoms with E-state index >= 15 is 0 Å². The number of hydrogen-bond acceptors (Lipinski definition) is 2. The smallest absolute Gasteiger partial charge is 0.185 e. The maximum atomic E-state index is 8.61. The van der Waals surface area contributed by atoms with Crippen molar-refractivity contribution in [1.29, 1.82) is 0 Å². The molecule has 3 nitrogen and oxygen atoms in total. The summed E-state index contributed by atoms with van der Waals surface area (Å²) in [5.41, 5.74) is 0. The monoisotopic (exact) mass is 129 g/mol. The average molecular weight is 129 g/mol. The van der Waals surface area contributed by atoms with E-state index in [1.165, 1.54) is 0 Å². The molecule has 0 aliphatic carbocycles. The fraction of sp³-hybridized carbons (Fsp3) is 0.833. The molecular weight excluding hydrogens is 116 g/mol. The predicted octanol–water partition coefficient (Wildman–Crippen LogP) is -0.533. The number of aliphatic imine (C=N–C) groups is 1. The predicted molar refractivity (Wildman–Crippen MR) is 36.4 cm³/mol. The van der Waals surface area contributed by atoms with Crippen molar-refractivity contribution in [2.75, 3.05) is 33.3 Å². The Kier molecular flexibility index (Phi) is 1.83. The lowest BCUT2D eigenvalue weighted by molar-refractivity contribution is -0.807. The van der Waals surface area contributed by atoms with E-state index in [4.69, 9.17) is 5.11 Å². The lowest BCUT2D eigenvalue weighted by Crippen LogP contribution is -2.43. The molecule has 3 heteroatoms. The molecule has 0 aromatic carbocycles. The number of aliphatic hydroxyl groups excluding tert-OH is 1. The van der Waals surface area contributed by atoms with Crippen molar-refractivity contribution in [3.05, 3.63) is 0 Å². The van der Waals surface area contributed by atoms with E-state index in [-0.39, 0.29) is 6.61 Å². The average Bonchev–Trinajstić information content (AvgIpc) is 2.16. The molecular formula is C6H13N2O+. The molecule has 1 rings (SSSR count). The topological polar surface area (TPSA) is 32.6 Å². The summed E-state index contributed by atoms with van der Waals surface area (Å²) in [6.45, 7) is 3.00. The third-order valence-corrected chi connectivity index (χ3v) is 1.71. The van der Waals surface area contributed by atoms with Gasteiger partial charge in [-0.3, -0.25) is 4.48 Å². The quantitative estimate of drug-likeness (QED) is 0.499. The summed E-state index contributed by atoms with van der Waals surface area (Å²) in [6.07, 6.45) is 1.91. The SMILES string of the molecule is C[N+]1(CCO)C=NCC1. The second-order valence-electron chi connectivity index (χ2n) is 2.67. The van der Waals surface area contributed by atoms with Crippen LogP contribution in [0, 0.1) is 0 Å². The van der Waals surface area contributed by atoms with Crippen LogP contribution in [-0.2, 0) is 0 Å². The zero-order chi connectivity index (χ0) is 6.74. The second kappa shape index (κ2) is 2.45. The highest BCUT2D eigenvalue weighted by Gasteiger charge is 2.21. The summed E-state index contributed by atoms with van der Waals surface area (Å²) < 4.78 is 0.802. The maximum absolute atomic E-state index is 8.61. The highest BCUT2D eigenvalue weighted by Crippen LogP contribution is 2.02. The van der Waals surface area contributed by atoms with Gasteiger partial charge in [0, 0.05) is 0 Å². The van der Waals surface area contributed by atoms with Crippen LogP contribution in [0.4, 0.5) is 0 Å². The van der Waals surface area contributed by atoms with Crippen LogP contribution in [0.15, 0.2) is 4.99 Å². The van der Waals surface area contributed by atoms with E-state index in [2.05, 4.69) is 12.0 Å². The lowest BCUT2D eigenvalue weighted by atomic mass is 10.4. The molecule has 0 aromatic rings. The van der Waals surface area contributed by atoms with Crippen molar-refractivity contribution in [1.82, 2.24) is 0 Å². The van der Waals surface area contributed by atoms with Crippen molar-refractivity contribution < 1.29 is 9.59 Å². The van der Waals surface area contributed by atoms with Crippen LogP contribution in [0.2, 0.25) is 0 Å². The summed E-state index contributed by atoms with van der Waals surface area (Å²) >= 11 is 0. The van der Waals surface area contributed by atoms with Gasteiger partial charge in [0.15, 0.2) is 6.34 Å². The van der Waals surface area contributed by atoms with E-state index in [1.54, 1.807) is 0 Å². The number of rotatable bonds is 2. The van der Waals surface area contributed by atoms with Crippen molar-refractivity contribution in [3.63, 3.8) is 0 Å². The molecule has 9 heavy (non-hydrogen) atoms. The number of quaternary nitrogens is 1. The van der Waals surface area contributed by atoms with E-state index in [9.17, 15) is 0 Å². The first kappa shape index (κ1) is 6.71. The van der Waals surface area contributed by atoms with Gasteiger partial charge in [-0.1, -0.05) is 0 Å². The fourth-order valence-corrected chi connectivity index (χ4v) is 0.997. The number of nitrogens with zero attached hydrogens (tertiary/aromatic N) is 2. The molecule has 1 aliphatic heterocycles. The highest BCUT2D eigenvalue weighted by molar-refractivity contribution is 5.47. The van der Waals surface area contributed by atoms with Crippen molar-refractivity contribution >= 4 is 6.34 Å². The van der Waals surface area contributed by atoms with Gasteiger partial charge in [-0.2, -0.15) is 0 Å². The summed E-state index contributed by atoms with van der Waals surface area (Å²) in [7, 11) is 2.08. The van der Waals surface area contributed by atoms with Gasteiger partial charge >= 0.3 is 0 Å². The minimum Gasteiger partial charge on any atom is -0.390 e. The minimum atomic E-state index is 0.252. The Morgan fingerprint density at radius 3 is 3.00 bits per heavy atom. The molecule has 1 atom stereocenters. The van der Waals surface area contributed by atoms with Crippen LogP contribution < -0.4 is 0 Å². The summed E-state index contributed by atoms with van der Waals surface area (Å²) in [4.78, 5) is 4.09. The van der Waals surface area contributed by atoms with E-state index < -0.39 is 0 Å². The van der Waals surface area contributed by atoms with E-state index in [0.29, 0.717) is 0 Å². The molecule has 1 N–H and O–H groups in total. The molecule has 0 radical (unpaired) electrons. The van der Waals surface area contributed by atoms with Gasteiger partial charge in [0.2, 0.25) is 0 Å². The van der Waals surface area contributed by atoms with E-state index in [1.807, 2.05) is 6.34 Å². The third kappa shape index (κ3) is 1.50. The third-order valence-electron chi connectivity index (χ3n) is 1.71. The fourth-order valence-electron chi connectivity index (χ4n) is 0.997. The molecule has 1 unspecified atom stereocenters. The molecule has 1 heterocycles. The number of hydrogen-bond donors (Lipinski definition) is 1. The second-order valence-corrected chi connectivity index (χ2v) is 2.67. The van der Waals surface area contributed by atoms with E-state index in [0.717, 1.165) is 24.1 Å². The number of aliphatic hydroxyl groups is 1. The molecule has 0 aromatic heterocycles. The first-order chi connectivity index (χ1) is 4.27. The molecule has 52 valence electrons. The van der Waals surface area contributed by atoms with Gasteiger partial charge in [-0.15, -0.1) is 0 Å². The Morgan fingerprint density at radius 1 is 1.78 bits per heavy atom. The Morgan fingerprint density at radius 2 is 2.56 bits per heavy atom. The van der Waals surface area contributed by atoms with Crippen LogP contribution >= 0.6 is 0 Å². The molecule has 0 saturated heterocycles. The van der Waals surface area contributed by atoms with Crippen LogP contribution in [0.25, 0.3) is 0 Å². The van der Waals surface area contributed by atoms with Crippen molar-refractivity contribution in [2.45, 2.75) is 0 Å². The van der Waals surface area contributed by atoms with Gasteiger partial charge in [0.25, 0.3) is 0 Å². The zero-order valence-electron chi connectivity index (χ0n) is 5.75. The summed E-state index contributed by atoms with van der Waals surface area (Å²) in [5, 5.41) is 8.61. The Bertz CT molecular complexity index is 124. The molecule has 1 aliphatic rings. The van der Waals surface area contributed by atoms with Gasteiger partial charge < -0.3 is 5.11 Å². The minimum absolute atomic E-state index is 0.252. The first-order valence-electron chi connectivity index (χ1n) is 3.23. The Labute approximate surface area is 55.2 Å².